The van der Waals surface area contributed by atoms with Crippen molar-refractivity contribution in [2.24, 2.45) is 7.05 Å². The standard InChI is InChI=1S/C20H17FN6O3S2/c1-26-17-13(9-25-26)18(24-11-23-17)31-10-16(28)22-6-7-27-19(29)15(32-20(27)30)8-12-4-2-3-5-14(12)21/h2-5,8-9,11H,6-7,10H2,1H3,(H,22,28)/b15-8+. The number of imide groups is 1. The Morgan fingerprint density at radius 2 is 2.09 bits per heavy atom. The summed E-state index contributed by atoms with van der Waals surface area (Å²) in [4.78, 5) is 46.4. The van der Waals surface area contributed by atoms with E-state index in [1.165, 1.54) is 36.3 Å². The smallest absolute Gasteiger partial charge is 0.293 e. The van der Waals surface area contributed by atoms with Crippen LogP contribution in [0.2, 0.25) is 0 Å². The number of halogens is 1. The van der Waals surface area contributed by atoms with Crippen molar-refractivity contribution in [3.63, 3.8) is 0 Å². The van der Waals surface area contributed by atoms with E-state index in [0.717, 1.165) is 22.0 Å². The first-order valence-corrected chi connectivity index (χ1v) is 11.3. The lowest BCUT2D eigenvalue weighted by Gasteiger charge is -2.13. The summed E-state index contributed by atoms with van der Waals surface area (Å²) in [5.41, 5.74) is 0.904. The summed E-state index contributed by atoms with van der Waals surface area (Å²) in [6, 6.07) is 6.00. The third kappa shape index (κ3) is 4.65. The highest BCUT2D eigenvalue weighted by atomic mass is 32.2. The van der Waals surface area contributed by atoms with E-state index in [2.05, 4.69) is 20.4 Å². The average Bonchev–Trinajstić information content (AvgIpc) is 3.28. The van der Waals surface area contributed by atoms with E-state index in [0.29, 0.717) is 10.7 Å². The van der Waals surface area contributed by atoms with E-state index < -0.39 is 17.0 Å². The topological polar surface area (TPSA) is 110 Å². The average molecular weight is 473 g/mol. The van der Waals surface area contributed by atoms with Crippen molar-refractivity contribution in [3.05, 3.63) is 53.1 Å². The molecule has 1 aliphatic rings. The van der Waals surface area contributed by atoms with Crippen molar-refractivity contribution in [1.82, 2.24) is 30.0 Å². The van der Waals surface area contributed by atoms with E-state index in [1.807, 2.05) is 0 Å². The minimum atomic E-state index is -0.508. The number of benzene rings is 1. The summed E-state index contributed by atoms with van der Waals surface area (Å²) in [6.45, 7) is 0.131. The van der Waals surface area contributed by atoms with Crippen LogP contribution in [0, 0.1) is 5.82 Å². The summed E-state index contributed by atoms with van der Waals surface area (Å²) < 4.78 is 15.4. The van der Waals surface area contributed by atoms with Gasteiger partial charge in [0.15, 0.2) is 5.65 Å². The Morgan fingerprint density at radius 3 is 2.91 bits per heavy atom. The Labute approximate surface area is 190 Å². The van der Waals surface area contributed by atoms with Gasteiger partial charge < -0.3 is 5.32 Å². The van der Waals surface area contributed by atoms with Crippen LogP contribution in [0.15, 0.2) is 46.7 Å². The van der Waals surface area contributed by atoms with Gasteiger partial charge in [0, 0.05) is 25.7 Å². The second kappa shape index (κ2) is 9.49. The number of thioether (sulfide) groups is 2. The highest BCUT2D eigenvalue weighted by Gasteiger charge is 2.34. The zero-order valence-corrected chi connectivity index (χ0v) is 18.5. The Bertz CT molecular complexity index is 1250. The lowest BCUT2D eigenvalue weighted by Crippen LogP contribution is -2.37. The number of nitrogens with one attached hydrogen (secondary N) is 1. The molecule has 32 heavy (non-hydrogen) atoms. The Balaban J connectivity index is 1.29. The van der Waals surface area contributed by atoms with E-state index in [4.69, 9.17) is 0 Å². The molecule has 4 rings (SSSR count). The molecule has 0 aliphatic carbocycles. The molecule has 1 fully saturated rings. The van der Waals surface area contributed by atoms with E-state index in [-0.39, 0.29) is 35.2 Å². The van der Waals surface area contributed by atoms with Gasteiger partial charge in [0.1, 0.15) is 17.2 Å². The molecule has 9 nitrogen and oxygen atoms in total. The van der Waals surface area contributed by atoms with Crippen LogP contribution < -0.4 is 5.32 Å². The SMILES string of the molecule is Cn1ncc2c(SCC(=O)NCCN3C(=O)S/C(=C/c4ccccc4F)C3=O)ncnc21. The molecule has 2 aromatic heterocycles. The minimum absolute atomic E-state index is 0.0239. The van der Waals surface area contributed by atoms with Gasteiger partial charge in [0.2, 0.25) is 5.91 Å². The summed E-state index contributed by atoms with van der Waals surface area (Å²) in [5.74, 6) is -1.14. The zero-order chi connectivity index (χ0) is 22.7. The highest BCUT2D eigenvalue weighted by Crippen LogP contribution is 2.32. The Hall–Kier alpha value is -3.25. The summed E-state index contributed by atoms with van der Waals surface area (Å²) >= 11 is 1.99. The number of carbonyl (C=O) groups excluding carboxylic acids is 3. The number of hydrogen-bond donors (Lipinski definition) is 1. The lowest BCUT2D eigenvalue weighted by molar-refractivity contribution is -0.123. The van der Waals surface area contributed by atoms with Crippen molar-refractivity contribution < 1.29 is 18.8 Å². The van der Waals surface area contributed by atoms with Crippen molar-refractivity contribution in [1.29, 1.82) is 0 Å². The largest absolute Gasteiger partial charge is 0.354 e. The summed E-state index contributed by atoms with van der Waals surface area (Å²) in [5, 5.41) is 7.76. The number of hydrogen-bond acceptors (Lipinski definition) is 8. The fraction of sp³-hybridized carbons (Fsp3) is 0.200. The molecular formula is C20H17FN6O3S2. The van der Waals surface area contributed by atoms with Gasteiger partial charge >= 0.3 is 0 Å². The Morgan fingerprint density at radius 1 is 1.28 bits per heavy atom. The maximum atomic E-state index is 13.8. The van der Waals surface area contributed by atoms with Crippen LogP contribution in [-0.2, 0) is 16.6 Å². The fourth-order valence-electron chi connectivity index (χ4n) is 2.97. The van der Waals surface area contributed by atoms with Crippen LogP contribution in [0.1, 0.15) is 5.56 Å². The third-order valence-electron chi connectivity index (χ3n) is 4.56. The van der Waals surface area contributed by atoms with Gasteiger partial charge in [-0.25, -0.2) is 14.4 Å². The predicted octanol–water partition coefficient (Wildman–Crippen LogP) is 2.45. The quantitative estimate of drug-likeness (QED) is 0.317. The second-order valence-corrected chi connectivity index (χ2v) is 8.64. The normalized spacial score (nSPS) is 15.2. The number of fused-ring (bicyclic) bond motifs is 1. The molecule has 0 spiro atoms. The molecule has 0 saturated carbocycles. The van der Waals surface area contributed by atoms with Crippen molar-refractivity contribution in [2.45, 2.75) is 5.03 Å². The van der Waals surface area contributed by atoms with Gasteiger partial charge in [-0.15, -0.1) is 0 Å². The molecule has 1 N–H and O–H groups in total. The number of carbonyl (C=O) groups is 3. The van der Waals surface area contributed by atoms with Crippen LogP contribution in [0.3, 0.4) is 0 Å². The predicted molar refractivity (Wildman–Crippen MR) is 119 cm³/mol. The molecule has 1 aliphatic heterocycles. The minimum Gasteiger partial charge on any atom is -0.354 e. The molecule has 1 aromatic carbocycles. The van der Waals surface area contributed by atoms with E-state index >= 15 is 0 Å². The number of aromatic nitrogens is 4. The molecule has 0 bridgehead atoms. The van der Waals surface area contributed by atoms with E-state index in [9.17, 15) is 18.8 Å². The van der Waals surface area contributed by atoms with Gasteiger partial charge in [0.25, 0.3) is 11.1 Å². The van der Waals surface area contributed by atoms with Gasteiger partial charge in [-0.2, -0.15) is 5.10 Å². The lowest BCUT2D eigenvalue weighted by atomic mass is 10.2. The maximum Gasteiger partial charge on any atom is 0.293 e. The van der Waals surface area contributed by atoms with Gasteiger partial charge in [-0.1, -0.05) is 30.0 Å². The highest BCUT2D eigenvalue weighted by molar-refractivity contribution is 8.18. The Kier molecular flexibility index (Phi) is 6.51. The van der Waals surface area contributed by atoms with E-state index in [1.54, 1.807) is 30.1 Å². The number of nitrogens with zero attached hydrogens (tertiary/aromatic N) is 5. The molecule has 1 saturated heterocycles. The van der Waals surface area contributed by atoms with Crippen molar-refractivity contribution in [3.8, 4) is 0 Å². The van der Waals surface area contributed by atoms with Crippen LogP contribution in [0.5, 0.6) is 0 Å². The van der Waals surface area contributed by atoms with Gasteiger partial charge in [-0.05, 0) is 23.9 Å². The first kappa shape index (κ1) is 22.0. The third-order valence-corrected chi connectivity index (χ3v) is 6.47. The number of rotatable bonds is 7. The summed E-state index contributed by atoms with van der Waals surface area (Å²) in [6.07, 6.45) is 4.42. The maximum absolute atomic E-state index is 13.8. The molecule has 3 amide bonds. The van der Waals surface area contributed by atoms with Crippen molar-refractivity contribution in [2.75, 3.05) is 18.8 Å². The molecule has 164 valence electrons. The monoisotopic (exact) mass is 472 g/mol. The van der Waals surface area contributed by atoms with Crippen molar-refractivity contribution >= 4 is 57.7 Å². The van der Waals surface area contributed by atoms with Crippen LogP contribution in [0.25, 0.3) is 17.1 Å². The number of aryl methyl sites for hydroxylation is 1. The molecule has 0 atom stereocenters. The van der Waals surface area contributed by atoms with Crippen LogP contribution in [-0.4, -0.2) is 60.5 Å². The number of amides is 3. The molecule has 3 aromatic rings. The van der Waals surface area contributed by atoms with Crippen LogP contribution in [0.4, 0.5) is 9.18 Å². The molecule has 12 heteroatoms. The first-order chi connectivity index (χ1) is 15.4. The molecule has 0 radical (unpaired) electrons. The van der Waals surface area contributed by atoms with Gasteiger partial charge in [0.05, 0.1) is 22.2 Å². The van der Waals surface area contributed by atoms with Crippen LogP contribution >= 0.6 is 23.5 Å². The molecular weight excluding hydrogens is 455 g/mol. The zero-order valence-electron chi connectivity index (χ0n) is 16.8. The van der Waals surface area contributed by atoms with Gasteiger partial charge in [-0.3, -0.25) is 24.0 Å². The first-order valence-electron chi connectivity index (χ1n) is 9.46. The summed E-state index contributed by atoms with van der Waals surface area (Å²) in [7, 11) is 1.77. The molecule has 3 heterocycles. The molecule has 0 unspecified atom stereocenters. The second-order valence-electron chi connectivity index (χ2n) is 6.68. The fourth-order valence-corrected chi connectivity index (χ4v) is 4.62.